The van der Waals surface area contributed by atoms with E-state index in [0.717, 1.165) is 0 Å². The van der Waals surface area contributed by atoms with Gasteiger partial charge in [-0.15, -0.1) is 0 Å². The Kier molecular flexibility index (Phi) is 5.30. The lowest BCUT2D eigenvalue weighted by atomic mass is 10.1. The predicted molar refractivity (Wildman–Crippen MR) is 98.0 cm³/mol. The molecule has 0 aliphatic rings. The van der Waals surface area contributed by atoms with Gasteiger partial charge in [-0.2, -0.15) is 0 Å². The molecule has 1 aromatic heterocycles. The average Bonchev–Trinajstić information content (AvgIpc) is 3.22. The first-order chi connectivity index (χ1) is 13.1. The molecule has 0 atom stereocenters. The zero-order chi connectivity index (χ0) is 19.4. The van der Waals surface area contributed by atoms with Crippen LogP contribution < -0.4 is 18.9 Å². The summed E-state index contributed by atoms with van der Waals surface area (Å²) < 4.78 is 26.6. The first-order valence-corrected chi connectivity index (χ1v) is 8.06. The highest BCUT2D eigenvalue weighted by atomic mass is 16.5. The van der Waals surface area contributed by atoms with Crippen molar-refractivity contribution in [3.8, 4) is 34.3 Å². The van der Waals surface area contributed by atoms with Gasteiger partial charge in [-0.05, 0) is 36.4 Å². The van der Waals surface area contributed by atoms with Crippen molar-refractivity contribution in [1.82, 2.24) is 4.98 Å². The number of methoxy groups -OCH3 is 4. The van der Waals surface area contributed by atoms with E-state index in [2.05, 4.69) is 4.98 Å². The second kappa shape index (κ2) is 7.82. The van der Waals surface area contributed by atoms with Crippen molar-refractivity contribution in [2.24, 2.45) is 0 Å². The molecule has 0 aliphatic heterocycles. The van der Waals surface area contributed by atoms with Gasteiger partial charge in [0.25, 0.3) is 5.89 Å². The predicted octanol–water partition coefficient (Wildman–Crippen LogP) is 3.61. The maximum atomic E-state index is 12.7. The first kappa shape index (κ1) is 18.3. The van der Waals surface area contributed by atoms with Crippen LogP contribution >= 0.6 is 0 Å². The van der Waals surface area contributed by atoms with Gasteiger partial charge in [0.05, 0.1) is 34.6 Å². The van der Waals surface area contributed by atoms with E-state index in [4.69, 9.17) is 23.4 Å². The molecule has 0 N–H and O–H groups in total. The van der Waals surface area contributed by atoms with Crippen LogP contribution in [0.5, 0.6) is 23.0 Å². The lowest BCUT2D eigenvalue weighted by Gasteiger charge is -2.08. The number of nitrogens with zero attached hydrogens (tertiary/aromatic N) is 1. The van der Waals surface area contributed by atoms with Crippen LogP contribution in [0.4, 0.5) is 0 Å². The molecule has 1 heterocycles. The molecule has 140 valence electrons. The first-order valence-electron chi connectivity index (χ1n) is 8.06. The molecule has 2 aromatic carbocycles. The molecule has 0 fully saturated rings. The van der Waals surface area contributed by atoms with Gasteiger partial charge < -0.3 is 23.4 Å². The minimum Gasteiger partial charge on any atom is -0.493 e. The molecule has 3 aromatic rings. The van der Waals surface area contributed by atoms with Gasteiger partial charge in [-0.25, -0.2) is 4.98 Å². The number of hydrogen-bond acceptors (Lipinski definition) is 7. The van der Waals surface area contributed by atoms with Crippen molar-refractivity contribution in [2.45, 2.75) is 0 Å². The summed E-state index contributed by atoms with van der Waals surface area (Å²) in [5, 5.41) is 0. The topological polar surface area (TPSA) is 80.0 Å². The van der Waals surface area contributed by atoms with Crippen LogP contribution in [-0.2, 0) is 0 Å². The zero-order valence-electron chi connectivity index (χ0n) is 15.4. The Morgan fingerprint density at radius 2 is 1.41 bits per heavy atom. The number of hydrogen-bond donors (Lipinski definition) is 0. The number of ether oxygens (including phenoxy) is 4. The van der Waals surface area contributed by atoms with Crippen molar-refractivity contribution in [2.75, 3.05) is 28.4 Å². The summed E-state index contributed by atoms with van der Waals surface area (Å²) in [5.74, 6) is 2.21. The highest BCUT2D eigenvalue weighted by Crippen LogP contribution is 2.33. The van der Waals surface area contributed by atoms with Crippen molar-refractivity contribution in [1.29, 1.82) is 0 Å². The third kappa shape index (κ3) is 3.57. The molecule has 0 amide bonds. The lowest BCUT2D eigenvalue weighted by Crippen LogP contribution is -2.02. The Hall–Kier alpha value is -3.48. The van der Waals surface area contributed by atoms with Crippen molar-refractivity contribution < 1.29 is 28.2 Å². The number of carbonyl (C=O) groups is 1. The van der Waals surface area contributed by atoms with Gasteiger partial charge in [0.2, 0.25) is 5.78 Å². The molecule has 0 saturated carbocycles. The number of oxazole rings is 1. The van der Waals surface area contributed by atoms with Crippen LogP contribution in [-0.4, -0.2) is 39.2 Å². The largest absolute Gasteiger partial charge is 0.493 e. The van der Waals surface area contributed by atoms with E-state index < -0.39 is 0 Å². The standard InChI is InChI=1S/C20H19NO6/c1-23-14-7-5-12(9-16(14)25-3)18-11-21-20(27-18)19(22)13-6-8-15(24-2)17(10-13)26-4/h5-11H,1-4H3. The van der Waals surface area contributed by atoms with Crippen LogP contribution in [0.2, 0.25) is 0 Å². The van der Waals surface area contributed by atoms with Gasteiger partial charge in [0.15, 0.2) is 28.8 Å². The summed E-state index contributed by atoms with van der Waals surface area (Å²) in [7, 11) is 6.15. The summed E-state index contributed by atoms with van der Waals surface area (Å²) >= 11 is 0. The van der Waals surface area contributed by atoms with E-state index in [-0.39, 0.29) is 11.7 Å². The smallest absolute Gasteiger partial charge is 0.268 e. The number of aromatic nitrogens is 1. The summed E-state index contributed by atoms with van der Waals surface area (Å²) in [6, 6.07) is 10.2. The number of benzene rings is 2. The van der Waals surface area contributed by atoms with Gasteiger partial charge in [-0.3, -0.25) is 4.79 Å². The summed E-state index contributed by atoms with van der Waals surface area (Å²) in [6.45, 7) is 0. The van der Waals surface area contributed by atoms with Crippen LogP contribution in [0, 0.1) is 0 Å². The Balaban J connectivity index is 1.90. The third-order valence-corrected chi connectivity index (χ3v) is 4.01. The number of rotatable bonds is 7. The fraction of sp³-hybridized carbons (Fsp3) is 0.200. The number of carbonyl (C=O) groups excluding carboxylic acids is 1. The van der Waals surface area contributed by atoms with Crippen LogP contribution in [0.15, 0.2) is 47.0 Å². The third-order valence-electron chi connectivity index (χ3n) is 4.01. The Bertz CT molecular complexity index is 963. The van der Waals surface area contributed by atoms with Crippen LogP contribution in [0.3, 0.4) is 0 Å². The molecule has 3 rings (SSSR count). The van der Waals surface area contributed by atoms with E-state index >= 15 is 0 Å². The van der Waals surface area contributed by atoms with E-state index in [1.165, 1.54) is 20.4 Å². The maximum absolute atomic E-state index is 12.7. The Morgan fingerprint density at radius 1 is 0.815 bits per heavy atom. The van der Waals surface area contributed by atoms with E-state index in [9.17, 15) is 4.79 Å². The molecule has 0 unspecified atom stereocenters. The lowest BCUT2D eigenvalue weighted by molar-refractivity contribution is 0.100. The minimum atomic E-state index is -0.359. The quantitative estimate of drug-likeness (QED) is 0.589. The minimum absolute atomic E-state index is 0.0213. The molecule has 0 bridgehead atoms. The van der Waals surface area contributed by atoms with Crippen LogP contribution in [0.1, 0.15) is 16.2 Å². The molecule has 0 aliphatic carbocycles. The average molecular weight is 369 g/mol. The second-order valence-corrected chi connectivity index (χ2v) is 5.50. The fourth-order valence-electron chi connectivity index (χ4n) is 2.60. The summed E-state index contributed by atoms with van der Waals surface area (Å²) in [4.78, 5) is 16.8. The SMILES string of the molecule is COc1ccc(C(=O)c2ncc(-c3ccc(OC)c(OC)c3)o2)cc1OC. The molecule has 7 heteroatoms. The van der Waals surface area contributed by atoms with Crippen LogP contribution in [0.25, 0.3) is 11.3 Å². The molecule has 7 nitrogen and oxygen atoms in total. The Morgan fingerprint density at radius 3 is 2.04 bits per heavy atom. The van der Waals surface area contributed by atoms with Gasteiger partial charge >= 0.3 is 0 Å². The molecular weight excluding hydrogens is 350 g/mol. The molecule has 0 saturated heterocycles. The van der Waals surface area contributed by atoms with Gasteiger partial charge in [0.1, 0.15) is 0 Å². The summed E-state index contributed by atoms with van der Waals surface area (Å²) in [6.07, 6.45) is 1.50. The maximum Gasteiger partial charge on any atom is 0.268 e. The normalized spacial score (nSPS) is 10.4. The fourth-order valence-corrected chi connectivity index (χ4v) is 2.60. The van der Waals surface area contributed by atoms with Gasteiger partial charge in [0, 0.05) is 11.1 Å². The molecule has 27 heavy (non-hydrogen) atoms. The zero-order valence-corrected chi connectivity index (χ0v) is 15.4. The van der Waals surface area contributed by atoms with E-state index in [0.29, 0.717) is 39.9 Å². The van der Waals surface area contributed by atoms with E-state index in [1.807, 2.05) is 0 Å². The van der Waals surface area contributed by atoms with Gasteiger partial charge in [-0.1, -0.05) is 0 Å². The molecule has 0 radical (unpaired) electrons. The molecular formula is C20H19NO6. The van der Waals surface area contributed by atoms with E-state index in [1.54, 1.807) is 50.6 Å². The second-order valence-electron chi connectivity index (χ2n) is 5.50. The molecule has 0 spiro atoms. The van der Waals surface area contributed by atoms with Crippen molar-refractivity contribution in [3.05, 3.63) is 54.0 Å². The monoisotopic (exact) mass is 369 g/mol. The summed E-state index contributed by atoms with van der Waals surface area (Å²) in [5.41, 5.74) is 1.10. The Labute approximate surface area is 156 Å². The number of ketones is 1. The van der Waals surface area contributed by atoms with Crippen molar-refractivity contribution in [3.63, 3.8) is 0 Å². The highest BCUT2D eigenvalue weighted by molar-refractivity contribution is 6.06. The highest BCUT2D eigenvalue weighted by Gasteiger charge is 2.19. The van der Waals surface area contributed by atoms with Crippen molar-refractivity contribution >= 4 is 5.78 Å².